The molecule has 88 valence electrons. The van der Waals surface area contributed by atoms with Crippen LogP contribution < -0.4 is 5.43 Å². The first-order chi connectivity index (χ1) is 7.79. The number of hydrogen-bond acceptors (Lipinski definition) is 3. The third kappa shape index (κ3) is 3.03. The van der Waals surface area contributed by atoms with E-state index in [0.717, 1.165) is 17.7 Å². The van der Waals surface area contributed by atoms with Gasteiger partial charge in [-0.1, -0.05) is 12.5 Å². The Labute approximate surface area is 105 Å². The van der Waals surface area contributed by atoms with Gasteiger partial charge in [0, 0.05) is 19.3 Å². The van der Waals surface area contributed by atoms with Crippen LogP contribution in [-0.2, 0) is 0 Å². The van der Waals surface area contributed by atoms with Crippen LogP contribution in [0.3, 0.4) is 0 Å². The molecule has 0 amide bonds. The van der Waals surface area contributed by atoms with Crippen LogP contribution >= 0.6 is 15.9 Å². The molecule has 1 aliphatic heterocycles. The van der Waals surface area contributed by atoms with Crippen molar-refractivity contribution >= 4 is 15.9 Å². The number of rotatable bonds is 2. The van der Waals surface area contributed by atoms with Gasteiger partial charge < -0.3 is 0 Å². The number of nitrogens with one attached hydrogen (secondary N) is 1. The zero-order valence-corrected chi connectivity index (χ0v) is 11.2. The normalized spacial score (nSPS) is 23.0. The van der Waals surface area contributed by atoms with E-state index in [4.69, 9.17) is 0 Å². The molecule has 0 unspecified atom stereocenters. The molecule has 2 heterocycles. The average Bonchev–Trinajstić information content (AvgIpc) is 2.55. The molecule has 1 aliphatic rings. The molecule has 0 saturated carbocycles. The summed E-state index contributed by atoms with van der Waals surface area (Å²) in [6.07, 6.45) is 5.84. The van der Waals surface area contributed by atoms with Crippen LogP contribution in [0.25, 0.3) is 0 Å². The lowest BCUT2D eigenvalue weighted by molar-refractivity contribution is 0.207. The van der Waals surface area contributed by atoms with Gasteiger partial charge in [0.25, 0.3) is 0 Å². The second kappa shape index (κ2) is 5.75. The summed E-state index contributed by atoms with van der Waals surface area (Å²) in [7, 11) is 2.00. The van der Waals surface area contributed by atoms with Gasteiger partial charge in [0.15, 0.2) is 0 Å². The second-order valence-corrected chi connectivity index (χ2v) is 5.09. The Balaban J connectivity index is 2.09. The summed E-state index contributed by atoms with van der Waals surface area (Å²) in [6.45, 7) is 2.23. The molecule has 2 rings (SSSR count). The summed E-state index contributed by atoms with van der Waals surface area (Å²) in [5, 5.41) is 2.31. The van der Waals surface area contributed by atoms with Crippen molar-refractivity contribution in [2.24, 2.45) is 0 Å². The molecule has 4 heteroatoms. The van der Waals surface area contributed by atoms with E-state index in [1.165, 1.54) is 24.8 Å². The Hall–Kier alpha value is -0.450. The molecule has 0 spiro atoms. The first-order valence-corrected chi connectivity index (χ1v) is 6.62. The van der Waals surface area contributed by atoms with Crippen LogP contribution in [0.5, 0.6) is 0 Å². The fraction of sp³-hybridized carbons (Fsp3) is 0.583. The van der Waals surface area contributed by atoms with Crippen molar-refractivity contribution in [1.29, 1.82) is 0 Å². The molecule has 1 saturated heterocycles. The molecule has 1 aromatic rings. The lowest BCUT2D eigenvalue weighted by Gasteiger charge is -2.23. The van der Waals surface area contributed by atoms with E-state index in [1.54, 1.807) is 0 Å². The van der Waals surface area contributed by atoms with Crippen molar-refractivity contribution in [3.05, 3.63) is 28.5 Å². The first kappa shape index (κ1) is 12.0. The third-order valence-electron chi connectivity index (χ3n) is 3.21. The highest BCUT2D eigenvalue weighted by molar-refractivity contribution is 9.10. The van der Waals surface area contributed by atoms with E-state index >= 15 is 0 Å². The van der Waals surface area contributed by atoms with Crippen LogP contribution in [0.4, 0.5) is 0 Å². The number of hydrogen-bond donors (Lipinski definition) is 1. The second-order valence-electron chi connectivity index (χ2n) is 4.28. The average molecular weight is 284 g/mol. The predicted octanol–water partition coefficient (Wildman–Crippen LogP) is 2.55. The molecule has 1 atom stereocenters. The van der Waals surface area contributed by atoms with Crippen molar-refractivity contribution < 1.29 is 0 Å². The minimum absolute atomic E-state index is 0.607. The monoisotopic (exact) mass is 283 g/mol. The van der Waals surface area contributed by atoms with Gasteiger partial charge in [-0.2, -0.15) is 0 Å². The molecule has 0 radical (unpaired) electrons. The molecule has 0 aromatic carbocycles. The summed E-state index contributed by atoms with van der Waals surface area (Å²) in [5.74, 6) is 0.607. The van der Waals surface area contributed by atoms with Crippen molar-refractivity contribution in [1.82, 2.24) is 15.4 Å². The van der Waals surface area contributed by atoms with Gasteiger partial charge in [-0.25, -0.2) is 9.99 Å². The van der Waals surface area contributed by atoms with Crippen molar-refractivity contribution in [2.75, 3.05) is 20.1 Å². The van der Waals surface area contributed by atoms with E-state index in [0.29, 0.717) is 5.92 Å². The van der Waals surface area contributed by atoms with E-state index in [1.807, 2.05) is 19.3 Å². The van der Waals surface area contributed by atoms with E-state index in [2.05, 4.69) is 37.4 Å². The molecular formula is C12H18BrN3. The zero-order valence-electron chi connectivity index (χ0n) is 9.62. The standard InChI is InChI=1S/C12H18BrN3/c1-14-16-7-3-2-4-11(9-16)10-5-6-12(13)15-8-10/h5-6,8,11,14H,2-4,7,9H2,1H3/t11-/m0/s1. The van der Waals surface area contributed by atoms with Crippen LogP contribution in [-0.4, -0.2) is 30.1 Å². The van der Waals surface area contributed by atoms with Crippen LogP contribution in [0.2, 0.25) is 0 Å². The maximum absolute atomic E-state index is 4.31. The Morgan fingerprint density at radius 2 is 2.31 bits per heavy atom. The zero-order chi connectivity index (χ0) is 11.4. The highest BCUT2D eigenvalue weighted by atomic mass is 79.9. The molecule has 1 aromatic heterocycles. The lowest BCUT2D eigenvalue weighted by atomic mass is 9.96. The Kier molecular flexibility index (Phi) is 4.32. The number of hydrazine groups is 1. The van der Waals surface area contributed by atoms with Crippen molar-refractivity contribution in [3.8, 4) is 0 Å². The Bertz CT molecular complexity index is 326. The van der Waals surface area contributed by atoms with Gasteiger partial charge in [-0.05, 0) is 53.4 Å². The highest BCUT2D eigenvalue weighted by Crippen LogP contribution is 2.25. The first-order valence-electron chi connectivity index (χ1n) is 5.83. The molecule has 0 bridgehead atoms. The van der Waals surface area contributed by atoms with E-state index < -0.39 is 0 Å². The molecule has 16 heavy (non-hydrogen) atoms. The summed E-state index contributed by atoms with van der Waals surface area (Å²) in [6, 6.07) is 4.21. The summed E-state index contributed by atoms with van der Waals surface area (Å²) in [5.41, 5.74) is 4.61. The highest BCUT2D eigenvalue weighted by Gasteiger charge is 2.18. The van der Waals surface area contributed by atoms with Crippen molar-refractivity contribution in [2.45, 2.75) is 25.2 Å². The quantitative estimate of drug-likeness (QED) is 0.846. The number of pyridine rings is 1. The molecule has 0 aliphatic carbocycles. The van der Waals surface area contributed by atoms with Gasteiger partial charge >= 0.3 is 0 Å². The summed E-state index contributed by atoms with van der Waals surface area (Å²) >= 11 is 3.38. The van der Waals surface area contributed by atoms with Crippen molar-refractivity contribution in [3.63, 3.8) is 0 Å². The van der Waals surface area contributed by atoms with Gasteiger partial charge in [0.05, 0.1) is 0 Å². The summed E-state index contributed by atoms with van der Waals surface area (Å²) < 4.78 is 0.912. The minimum Gasteiger partial charge on any atom is -0.258 e. The molecule has 3 nitrogen and oxygen atoms in total. The molecular weight excluding hydrogens is 266 g/mol. The maximum Gasteiger partial charge on any atom is 0.106 e. The van der Waals surface area contributed by atoms with Crippen LogP contribution in [0.1, 0.15) is 30.7 Å². The minimum atomic E-state index is 0.607. The fourth-order valence-corrected chi connectivity index (χ4v) is 2.48. The number of aromatic nitrogens is 1. The van der Waals surface area contributed by atoms with Crippen LogP contribution in [0, 0.1) is 0 Å². The van der Waals surface area contributed by atoms with Gasteiger partial charge in [0.1, 0.15) is 4.60 Å². The lowest BCUT2D eigenvalue weighted by Crippen LogP contribution is -2.37. The van der Waals surface area contributed by atoms with Crippen LogP contribution in [0.15, 0.2) is 22.9 Å². The van der Waals surface area contributed by atoms with Gasteiger partial charge in [-0.15, -0.1) is 0 Å². The number of halogens is 1. The smallest absolute Gasteiger partial charge is 0.106 e. The Morgan fingerprint density at radius 3 is 3.00 bits per heavy atom. The largest absolute Gasteiger partial charge is 0.258 e. The van der Waals surface area contributed by atoms with E-state index in [9.17, 15) is 0 Å². The van der Waals surface area contributed by atoms with Gasteiger partial charge in [-0.3, -0.25) is 5.43 Å². The van der Waals surface area contributed by atoms with Gasteiger partial charge in [0.2, 0.25) is 0 Å². The topological polar surface area (TPSA) is 28.2 Å². The number of nitrogens with zero attached hydrogens (tertiary/aromatic N) is 2. The fourth-order valence-electron chi connectivity index (χ4n) is 2.25. The molecule has 1 N–H and O–H groups in total. The third-order valence-corrected chi connectivity index (χ3v) is 3.68. The Morgan fingerprint density at radius 1 is 1.44 bits per heavy atom. The SMILES string of the molecule is CNN1CCCC[C@H](c2ccc(Br)nc2)C1. The summed E-state index contributed by atoms with van der Waals surface area (Å²) in [4.78, 5) is 4.31. The molecule has 1 fully saturated rings. The van der Waals surface area contributed by atoms with E-state index in [-0.39, 0.29) is 0 Å². The maximum atomic E-state index is 4.31. The predicted molar refractivity (Wildman–Crippen MR) is 69.2 cm³/mol.